The predicted octanol–water partition coefficient (Wildman–Crippen LogP) is 1.34. The molecule has 132 valence electrons. The number of nitriles is 1. The summed E-state index contributed by atoms with van der Waals surface area (Å²) in [6.07, 6.45) is 5.48. The van der Waals surface area contributed by atoms with Crippen LogP contribution in [0, 0.1) is 11.3 Å². The molecule has 1 atom stereocenters. The van der Waals surface area contributed by atoms with Crippen LogP contribution in [0.4, 0.5) is 5.82 Å². The molecule has 0 spiro atoms. The number of rotatable bonds is 3. The van der Waals surface area contributed by atoms with E-state index in [1.54, 1.807) is 27.4 Å². The van der Waals surface area contributed by atoms with Gasteiger partial charge in [-0.15, -0.1) is 0 Å². The second-order valence-electron chi connectivity index (χ2n) is 6.66. The number of hydrogen-bond acceptors (Lipinski definition) is 5. The van der Waals surface area contributed by atoms with Crippen LogP contribution in [0.3, 0.4) is 0 Å². The molecule has 1 aliphatic rings. The van der Waals surface area contributed by atoms with E-state index in [-0.39, 0.29) is 11.6 Å². The second-order valence-corrected chi connectivity index (χ2v) is 6.66. The van der Waals surface area contributed by atoms with Crippen LogP contribution in [0.5, 0.6) is 0 Å². The fourth-order valence-electron chi connectivity index (χ4n) is 3.57. The van der Waals surface area contributed by atoms with Crippen molar-refractivity contribution in [1.82, 2.24) is 14.2 Å². The van der Waals surface area contributed by atoms with Crippen molar-refractivity contribution in [2.75, 3.05) is 18.0 Å². The van der Waals surface area contributed by atoms with E-state index in [4.69, 9.17) is 5.73 Å². The lowest BCUT2D eigenvalue weighted by atomic mass is 10.1. The van der Waals surface area contributed by atoms with Crippen LogP contribution >= 0.6 is 0 Å². The maximum Gasteiger partial charge on any atom is 0.278 e. The van der Waals surface area contributed by atoms with Gasteiger partial charge in [-0.2, -0.15) is 10.4 Å². The van der Waals surface area contributed by atoms with Gasteiger partial charge >= 0.3 is 0 Å². The number of aromatic nitrogens is 3. The first-order valence-corrected chi connectivity index (χ1v) is 8.73. The van der Waals surface area contributed by atoms with Crippen LogP contribution in [-0.4, -0.2) is 33.3 Å². The summed E-state index contributed by atoms with van der Waals surface area (Å²) in [6, 6.07) is 11.4. The van der Waals surface area contributed by atoms with Gasteiger partial charge in [-0.25, -0.2) is 4.52 Å². The van der Waals surface area contributed by atoms with Gasteiger partial charge in [0.15, 0.2) is 0 Å². The largest absolute Gasteiger partial charge is 0.355 e. The molecule has 7 nitrogen and oxygen atoms in total. The molecule has 1 aromatic carbocycles. The topological polar surface area (TPSA) is 92.3 Å². The fraction of sp³-hybridized carbons (Fsp3) is 0.316. The molecule has 2 aromatic heterocycles. The zero-order chi connectivity index (χ0) is 18.1. The average molecular weight is 348 g/mol. The molecule has 0 amide bonds. The summed E-state index contributed by atoms with van der Waals surface area (Å²) < 4.78 is 3.34. The normalized spacial score (nSPS) is 17.4. The zero-order valence-electron chi connectivity index (χ0n) is 14.4. The Labute approximate surface area is 150 Å². The Balaban J connectivity index is 1.86. The van der Waals surface area contributed by atoms with Crippen LogP contribution in [-0.2, 0) is 6.54 Å². The molecule has 0 saturated carbocycles. The van der Waals surface area contributed by atoms with Crippen molar-refractivity contribution < 1.29 is 0 Å². The second kappa shape index (κ2) is 6.65. The molecule has 26 heavy (non-hydrogen) atoms. The Kier molecular flexibility index (Phi) is 4.19. The number of nitrogens with zero attached hydrogens (tertiary/aromatic N) is 5. The molecule has 0 unspecified atom stereocenters. The molecule has 1 saturated heterocycles. The summed E-state index contributed by atoms with van der Waals surface area (Å²) in [5, 5.41) is 13.6. The number of benzene rings is 1. The van der Waals surface area contributed by atoms with E-state index < -0.39 is 0 Å². The van der Waals surface area contributed by atoms with Crippen molar-refractivity contribution in [3.8, 4) is 6.07 Å². The highest BCUT2D eigenvalue weighted by atomic mass is 16.1. The van der Waals surface area contributed by atoms with E-state index in [1.165, 1.54) is 0 Å². The summed E-state index contributed by atoms with van der Waals surface area (Å²) in [7, 11) is 0. The van der Waals surface area contributed by atoms with Gasteiger partial charge in [-0.3, -0.25) is 9.36 Å². The highest BCUT2D eigenvalue weighted by molar-refractivity contribution is 5.51. The van der Waals surface area contributed by atoms with Gasteiger partial charge < -0.3 is 10.6 Å². The van der Waals surface area contributed by atoms with Crippen LogP contribution < -0.4 is 16.2 Å². The third-order valence-corrected chi connectivity index (χ3v) is 4.90. The number of anilines is 1. The van der Waals surface area contributed by atoms with Gasteiger partial charge in [0, 0.05) is 19.1 Å². The zero-order valence-corrected chi connectivity index (χ0v) is 14.4. The number of fused-ring (bicyclic) bond motifs is 1. The van der Waals surface area contributed by atoms with E-state index in [0.29, 0.717) is 24.2 Å². The molecule has 3 heterocycles. The number of nitrogens with two attached hydrogens (primary N) is 1. The third-order valence-electron chi connectivity index (χ3n) is 4.90. The van der Waals surface area contributed by atoms with E-state index >= 15 is 0 Å². The predicted molar refractivity (Wildman–Crippen MR) is 99.1 cm³/mol. The molecule has 0 bridgehead atoms. The summed E-state index contributed by atoms with van der Waals surface area (Å²) in [6.45, 7) is 1.89. The van der Waals surface area contributed by atoms with Crippen molar-refractivity contribution in [2.24, 2.45) is 5.73 Å². The summed E-state index contributed by atoms with van der Waals surface area (Å²) in [4.78, 5) is 15.2. The minimum absolute atomic E-state index is 0.0898. The lowest BCUT2D eigenvalue weighted by Crippen LogP contribution is -2.45. The molecule has 3 aromatic rings. The summed E-state index contributed by atoms with van der Waals surface area (Å²) in [5.74, 6) is 0.786. The van der Waals surface area contributed by atoms with Crippen LogP contribution in [0.15, 0.2) is 47.5 Å². The van der Waals surface area contributed by atoms with Crippen molar-refractivity contribution in [3.05, 3.63) is 64.2 Å². The van der Waals surface area contributed by atoms with Crippen LogP contribution in [0.25, 0.3) is 5.52 Å². The quantitative estimate of drug-likeness (QED) is 0.771. The molecule has 4 rings (SSSR count). The van der Waals surface area contributed by atoms with Crippen molar-refractivity contribution in [2.45, 2.75) is 25.4 Å². The Hall–Kier alpha value is -3.11. The third kappa shape index (κ3) is 2.85. The van der Waals surface area contributed by atoms with E-state index in [2.05, 4.69) is 16.1 Å². The minimum atomic E-state index is -0.119. The van der Waals surface area contributed by atoms with E-state index in [1.807, 2.05) is 24.4 Å². The van der Waals surface area contributed by atoms with E-state index in [9.17, 15) is 10.1 Å². The van der Waals surface area contributed by atoms with E-state index in [0.717, 1.165) is 30.8 Å². The monoisotopic (exact) mass is 348 g/mol. The molecular formula is C19H20N6O. The van der Waals surface area contributed by atoms with Gasteiger partial charge in [0.05, 0.1) is 30.6 Å². The molecule has 7 heteroatoms. The van der Waals surface area contributed by atoms with Gasteiger partial charge in [-0.1, -0.05) is 18.2 Å². The first-order valence-electron chi connectivity index (χ1n) is 8.73. The SMILES string of the molecule is N#Cc1ccccc1Cn1c(N2CCC[C@@H](N)C2)cn2nccc2c1=O. The standard InChI is InChI=1S/C19H20N6O/c20-10-14-4-1-2-5-15(14)11-24-18(23-9-3-6-16(21)12-23)13-25-17(19(24)26)7-8-22-25/h1-2,4-5,7-8,13,16H,3,6,9,11-12,21H2/t16-/m1/s1. The fourth-order valence-corrected chi connectivity index (χ4v) is 3.57. The lowest BCUT2D eigenvalue weighted by Gasteiger charge is -2.34. The first kappa shape index (κ1) is 16.4. The number of hydrogen-bond donors (Lipinski definition) is 1. The van der Waals surface area contributed by atoms with Gasteiger partial charge in [0.1, 0.15) is 11.3 Å². The summed E-state index contributed by atoms with van der Waals surface area (Å²) in [5.41, 5.74) is 7.95. The molecule has 1 aliphatic heterocycles. The van der Waals surface area contributed by atoms with Crippen LogP contribution in [0.2, 0.25) is 0 Å². The number of piperidine rings is 1. The maximum absolute atomic E-state index is 13.1. The van der Waals surface area contributed by atoms with Gasteiger partial charge in [-0.05, 0) is 30.5 Å². The molecule has 0 radical (unpaired) electrons. The maximum atomic E-state index is 13.1. The molecular weight excluding hydrogens is 328 g/mol. The smallest absolute Gasteiger partial charge is 0.278 e. The van der Waals surface area contributed by atoms with Crippen LogP contribution in [0.1, 0.15) is 24.0 Å². The Morgan fingerprint density at radius 1 is 1.31 bits per heavy atom. The highest BCUT2D eigenvalue weighted by Crippen LogP contribution is 2.21. The first-order chi connectivity index (χ1) is 12.7. The summed E-state index contributed by atoms with van der Waals surface area (Å²) >= 11 is 0. The molecule has 0 aliphatic carbocycles. The van der Waals surface area contributed by atoms with Crippen molar-refractivity contribution in [3.63, 3.8) is 0 Å². The Morgan fingerprint density at radius 2 is 2.15 bits per heavy atom. The average Bonchev–Trinajstić information content (AvgIpc) is 3.13. The minimum Gasteiger partial charge on any atom is -0.355 e. The Bertz CT molecular complexity index is 1040. The Morgan fingerprint density at radius 3 is 2.96 bits per heavy atom. The highest BCUT2D eigenvalue weighted by Gasteiger charge is 2.22. The van der Waals surface area contributed by atoms with Crippen molar-refractivity contribution >= 4 is 11.3 Å². The van der Waals surface area contributed by atoms with Gasteiger partial charge in [0.2, 0.25) is 0 Å². The van der Waals surface area contributed by atoms with Crippen molar-refractivity contribution in [1.29, 1.82) is 5.26 Å². The molecule has 2 N–H and O–H groups in total. The molecule has 1 fully saturated rings. The van der Waals surface area contributed by atoms with Gasteiger partial charge in [0.25, 0.3) is 5.56 Å². The lowest BCUT2D eigenvalue weighted by molar-refractivity contribution is 0.494.